The summed E-state index contributed by atoms with van der Waals surface area (Å²) < 4.78 is 27.6. The molecule has 4 bridgehead atoms. The van der Waals surface area contributed by atoms with Crippen molar-refractivity contribution >= 4 is 27.7 Å². The van der Waals surface area contributed by atoms with E-state index in [1.165, 1.54) is 23.6 Å². The SMILES string of the molecule is O=C(NCC1CCCN(S(=O)(=O)c2ccccc2Cl)C1)NC12CC3C[C@H](C1)C[C@H](C3)C2. The molecule has 6 nitrogen and oxygen atoms in total. The van der Waals surface area contributed by atoms with Gasteiger partial charge in [0.1, 0.15) is 4.90 Å². The Morgan fingerprint density at radius 3 is 2.39 bits per heavy atom. The molecule has 6 rings (SSSR count). The molecule has 5 fully saturated rings. The van der Waals surface area contributed by atoms with E-state index in [0.717, 1.165) is 49.9 Å². The highest BCUT2D eigenvalue weighted by Gasteiger charge is 2.51. The number of amides is 2. The van der Waals surface area contributed by atoms with Gasteiger partial charge in [-0.25, -0.2) is 13.2 Å². The van der Waals surface area contributed by atoms with Crippen molar-refractivity contribution in [1.82, 2.24) is 14.9 Å². The average Bonchev–Trinajstić information content (AvgIpc) is 2.71. The Morgan fingerprint density at radius 1 is 1.10 bits per heavy atom. The number of urea groups is 1. The van der Waals surface area contributed by atoms with Gasteiger partial charge in [0.05, 0.1) is 5.02 Å². The summed E-state index contributed by atoms with van der Waals surface area (Å²) in [6, 6.07) is 6.49. The number of rotatable bonds is 5. The average molecular weight is 466 g/mol. The highest BCUT2D eigenvalue weighted by Crippen LogP contribution is 2.55. The van der Waals surface area contributed by atoms with Crippen LogP contribution in [0.2, 0.25) is 5.02 Å². The second-order valence-corrected chi connectivity index (χ2v) is 12.6. The smallest absolute Gasteiger partial charge is 0.315 e. The third-order valence-electron chi connectivity index (χ3n) is 7.90. The van der Waals surface area contributed by atoms with Crippen LogP contribution in [0.15, 0.2) is 29.2 Å². The van der Waals surface area contributed by atoms with Gasteiger partial charge in [0.2, 0.25) is 10.0 Å². The summed E-state index contributed by atoms with van der Waals surface area (Å²) in [5, 5.41) is 6.64. The van der Waals surface area contributed by atoms with Crippen molar-refractivity contribution in [3.8, 4) is 0 Å². The first-order valence-corrected chi connectivity index (χ1v) is 13.5. The zero-order valence-electron chi connectivity index (χ0n) is 17.9. The van der Waals surface area contributed by atoms with Crippen LogP contribution < -0.4 is 10.6 Å². The highest BCUT2D eigenvalue weighted by atomic mass is 35.5. The summed E-state index contributed by atoms with van der Waals surface area (Å²) >= 11 is 6.14. The van der Waals surface area contributed by atoms with Gasteiger partial charge in [0, 0.05) is 25.2 Å². The zero-order valence-corrected chi connectivity index (χ0v) is 19.4. The highest BCUT2D eigenvalue weighted by molar-refractivity contribution is 7.89. The lowest BCUT2D eigenvalue weighted by molar-refractivity contribution is -0.0135. The van der Waals surface area contributed by atoms with Crippen LogP contribution in [0.4, 0.5) is 4.79 Å². The van der Waals surface area contributed by atoms with E-state index in [1.807, 2.05) is 0 Å². The van der Waals surface area contributed by atoms with Gasteiger partial charge in [-0.05, 0) is 87.2 Å². The lowest BCUT2D eigenvalue weighted by atomic mass is 9.53. The second kappa shape index (κ2) is 8.23. The second-order valence-electron chi connectivity index (χ2n) is 10.3. The Bertz CT molecular complexity index is 916. The molecule has 4 aliphatic carbocycles. The van der Waals surface area contributed by atoms with Gasteiger partial charge in [-0.3, -0.25) is 0 Å². The molecule has 4 saturated carbocycles. The predicted octanol–water partition coefficient (Wildman–Crippen LogP) is 4.01. The molecule has 2 N–H and O–H groups in total. The van der Waals surface area contributed by atoms with Crippen LogP contribution in [0, 0.1) is 23.7 Å². The van der Waals surface area contributed by atoms with E-state index < -0.39 is 10.0 Å². The Hall–Kier alpha value is -1.31. The predicted molar refractivity (Wildman–Crippen MR) is 120 cm³/mol. The van der Waals surface area contributed by atoms with Crippen LogP contribution in [0.1, 0.15) is 51.4 Å². The van der Waals surface area contributed by atoms with E-state index in [-0.39, 0.29) is 27.4 Å². The molecule has 5 aliphatic rings. The van der Waals surface area contributed by atoms with Crippen molar-refractivity contribution in [2.24, 2.45) is 23.7 Å². The van der Waals surface area contributed by atoms with Crippen LogP contribution >= 0.6 is 11.6 Å². The molecule has 1 saturated heterocycles. The first-order valence-electron chi connectivity index (χ1n) is 11.6. The quantitative estimate of drug-likeness (QED) is 0.689. The molecule has 1 aromatic rings. The van der Waals surface area contributed by atoms with Crippen LogP contribution in [-0.4, -0.2) is 43.9 Å². The fourth-order valence-electron chi connectivity index (χ4n) is 6.99. The number of sulfonamides is 1. The summed E-state index contributed by atoms with van der Waals surface area (Å²) in [7, 11) is -3.63. The maximum absolute atomic E-state index is 13.0. The van der Waals surface area contributed by atoms with Crippen LogP contribution in [-0.2, 0) is 10.0 Å². The number of piperidine rings is 1. The third kappa shape index (κ3) is 4.33. The van der Waals surface area contributed by atoms with E-state index in [2.05, 4.69) is 10.6 Å². The first kappa shape index (κ1) is 21.5. The van der Waals surface area contributed by atoms with Gasteiger partial charge in [0.15, 0.2) is 0 Å². The molecule has 1 aliphatic heterocycles. The summed E-state index contributed by atoms with van der Waals surface area (Å²) in [4.78, 5) is 12.9. The Kier molecular flexibility index (Phi) is 5.72. The molecule has 0 radical (unpaired) electrons. The van der Waals surface area contributed by atoms with Crippen molar-refractivity contribution in [1.29, 1.82) is 0 Å². The first-order chi connectivity index (χ1) is 14.8. The van der Waals surface area contributed by atoms with Gasteiger partial charge in [-0.1, -0.05) is 23.7 Å². The van der Waals surface area contributed by atoms with Crippen molar-refractivity contribution in [3.63, 3.8) is 0 Å². The lowest BCUT2D eigenvalue weighted by Crippen LogP contribution is -2.61. The molecule has 0 aromatic heterocycles. The number of carbonyl (C=O) groups is 1. The molecule has 31 heavy (non-hydrogen) atoms. The topological polar surface area (TPSA) is 78.5 Å². The zero-order chi connectivity index (χ0) is 21.6. The van der Waals surface area contributed by atoms with Gasteiger partial charge < -0.3 is 10.6 Å². The van der Waals surface area contributed by atoms with Gasteiger partial charge in [-0.2, -0.15) is 4.31 Å². The van der Waals surface area contributed by atoms with Crippen LogP contribution in [0.25, 0.3) is 0 Å². The van der Waals surface area contributed by atoms with Crippen molar-refractivity contribution < 1.29 is 13.2 Å². The van der Waals surface area contributed by atoms with E-state index in [4.69, 9.17) is 11.6 Å². The monoisotopic (exact) mass is 465 g/mol. The number of carbonyl (C=O) groups excluding carboxylic acids is 1. The summed E-state index contributed by atoms with van der Waals surface area (Å²) in [5.74, 6) is 2.46. The molecule has 0 spiro atoms. The molecule has 170 valence electrons. The molecular weight excluding hydrogens is 434 g/mol. The van der Waals surface area contributed by atoms with E-state index in [9.17, 15) is 13.2 Å². The Morgan fingerprint density at radius 2 is 1.74 bits per heavy atom. The Balaban J connectivity index is 1.17. The minimum atomic E-state index is -3.63. The third-order valence-corrected chi connectivity index (χ3v) is 10.3. The normalized spacial score (nSPS) is 35.1. The maximum Gasteiger partial charge on any atom is 0.315 e. The Labute approximate surface area is 190 Å². The number of nitrogens with zero attached hydrogens (tertiary/aromatic N) is 1. The number of nitrogens with one attached hydrogen (secondary N) is 2. The van der Waals surface area contributed by atoms with Crippen molar-refractivity contribution in [3.05, 3.63) is 29.3 Å². The largest absolute Gasteiger partial charge is 0.338 e. The number of benzene rings is 1. The van der Waals surface area contributed by atoms with Crippen LogP contribution in [0.3, 0.4) is 0 Å². The lowest BCUT2D eigenvalue weighted by Gasteiger charge is -2.56. The standard InChI is InChI=1S/C23H32ClN3O3S/c24-20-5-1-2-6-21(20)31(29,30)27-7-3-4-16(15-27)14-25-22(28)26-23-11-17-8-18(12-23)10-19(9-17)13-23/h1-2,5-6,16-19H,3-4,7-15H2,(H2,25,26,28)/t16?,17-,18-,19?,23?/m1/s1. The molecule has 1 heterocycles. The fraction of sp³-hybridized carbons (Fsp3) is 0.696. The molecule has 2 amide bonds. The summed E-state index contributed by atoms with van der Waals surface area (Å²) in [5.41, 5.74) is -0.00910. The van der Waals surface area contributed by atoms with Crippen molar-refractivity contribution in [2.45, 2.75) is 61.8 Å². The fourth-order valence-corrected chi connectivity index (χ4v) is 9.04. The van der Waals surface area contributed by atoms with E-state index >= 15 is 0 Å². The number of hydrogen-bond donors (Lipinski definition) is 2. The molecule has 8 heteroatoms. The van der Waals surface area contributed by atoms with E-state index in [1.54, 1.807) is 24.3 Å². The van der Waals surface area contributed by atoms with E-state index in [0.29, 0.717) is 19.6 Å². The summed E-state index contributed by atoms with van der Waals surface area (Å²) in [6.07, 6.45) is 9.11. The minimum Gasteiger partial charge on any atom is -0.338 e. The molecule has 1 atom stereocenters. The minimum absolute atomic E-state index is 0.00910. The molecular formula is C23H32ClN3O3S. The van der Waals surface area contributed by atoms with Gasteiger partial charge in [-0.15, -0.1) is 0 Å². The summed E-state index contributed by atoms with van der Waals surface area (Å²) in [6.45, 7) is 1.39. The van der Waals surface area contributed by atoms with Crippen LogP contribution in [0.5, 0.6) is 0 Å². The molecule has 1 unspecified atom stereocenters. The maximum atomic E-state index is 13.0. The van der Waals surface area contributed by atoms with Gasteiger partial charge in [0.25, 0.3) is 0 Å². The van der Waals surface area contributed by atoms with Gasteiger partial charge >= 0.3 is 6.03 Å². The number of hydrogen-bond acceptors (Lipinski definition) is 3. The molecule has 1 aromatic carbocycles. The number of halogens is 1. The van der Waals surface area contributed by atoms with Crippen molar-refractivity contribution in [2.75, 3.05) is 19.6 Å².